The molecule has 6 heteroatoms. The number of Topliss-reactive ketones (excluding diaryl/α,β-unsaturated/α-hetero) is 1. The smallest absolute Gasteiger partial charge is 0.201 e. The molecule has 0 saturated carbocycles. The lowest BCUT2D eigenvalue weighted by atomic mass is 10.1. The van der Waals surface area contributed by atoms with Crippen molar-refractivity contribution in [2.45, 2.75) is 6.92 Å². The van der Waals surface area contributed by atoms with E-state index in [1.54, 1.807) is 0 Å². The van der Waals surface area contributed by atoms with Crippen LogP contribution < -0.4 is 4.90 Å². The maximum absolute atomic E-state index is 13.1. The molecule has 0 radical (unpaired) electrons. The molecule has 0 bridgehead atoms. The second-order valence-corrected chi connectivity index (χ2v) is 8.35. The molecule has 2 aliphatic rings. The number of rotatable bonds is 6. The van der Waals surface area contributed by atoms with Gasteiger partial charge in [0.15, 0.2) is 0 Å². The van der Waals surface area contributed by atoms with Crippen molar-refractivity contribution in [1.82, 2.24) is 9.21 Å². The van der Waals surface area contributed by atoms with E-state index in [4.69, 9.17) is 4.74 Å². The predicted octanol–water partition coefficient (Wildman–Crippen LogP) is 3.58. The average Bonchev–Trinajstić information content (AvgIpc) is 2.84. The standard InChI is InChI=1S/C22H29N3O2S/c1-17-15-18(2)25(10-9-24-11-13-27-14-12-24)28-21(16-17)22(26)19-5-7-20(8-6-19)23(3)4/h5-8,15-16H,1,9-14H2,2-4H3. The number of carbonyl (C=O) groups excluding carboxylic acids is 1. The third-order valence-corrected chi connectivity index (χ3v) is 6.10. The quantitative estimate of drug-likeness (QED) is 0.538. The zero-order chi connectivity index (χ0) is 20.1. The summed E-state index contributed by atoms with van der Waals surface area (Å²) < 4.78 is 7.63. The first-order valence-corrected chi connectivity index (χ1v) is 10.4. The molecule has 0 amide bonds. The number of carbonyl (C=O) groups is 1. The van der Waals surface area contributed by atoms with Crippen molar-refractivity contribution < 1.29 is 9.53 Å². The summed E-state index contributed by atoms with van der Waals surface area (Å²) >= 11 is 1.51. The van der Waals surface area contributed by atoms with Gasteiger partial charge in [-0.25, -0.2) is 0 Å². The number of morpholine rings is 1. The van der Waals surface area contributed by atoms with Crippen LogP contribution in [0, 0.1) is 0 Å². The number of anilines is 1. The molecule has 150 valence electrons. The van der Waals surface area contributed by atoms with Crippen LogP contribution in [0.15, 0.2) is 59.2 Å². The minimum Gasteiger partial charge on any atom is -0.379 e. The minimum absolute atomic E-state index is 0.0379. The van der Waals surface area contributed by atoms with Gasteiger partial charge in [-0.2, -0.15) is 0 Å². The van der Waals surface area contributed by atoms with Crippen LogP contribution in [0.25, 0.3) is 0 Å². The predicted molar refractivity (Wildman–Crippen MR) is 118 cm³/mol. The van der Waals surface area contributed by atoms with E-state index in [1.165, 1.54) is 11.9 Å². The van der Waals surface area contributed by atoms with Crippen LogP contribution in [-0.4, -0.2) is 68.5 Å². The SMILES string of the molecule is C=C1C=C(C(=O)c2ccc(N(C)C)cc2)SN(CCN2CCOCC2)C(C)=C1. The van der Waals surface area contributed by atoms with Crippen LogP contribution in [0.1, 0.15) is 17.3 Å². The molecule has 0 spiro atoms. The molecule has 3 rings (SSSR count). The van der Waals surface area contributed by atoms with E-state index in [1.807, 2.05) is 55.4 Å². The van der Waals surface area contributed by atoms with E-state index in [0.29, 0.717) is 10.5 Å². The number of allylic oxidation sites excluding steroid dienone is 5. The van der Waals surface area contributed by atoms with Gasteiger partial charge in [0, 0.05) is 57.2 Å². The Morgan fingerprint density at radius 1 is 1.14 bits per heavy atom. The van der Waals surface area contributed by atoms with Gasteiger partial charge in [0.1, 0.15) is 0 Å². The first-order chi connectivity index (χ1) is 13.4. The van der Waals surface area contributed by atoms with E-state index in [-0.39, 0.29) is 5.78 Å². The second-order valence-electron chi connectivity index (χ2n) is 7.29. The molecule has 1 aromatic carbocycles. The third kappa shape index (κ3) is 5.28. The molecule has 0 atom stereocenters. The topological polar surface area (TPSA) is 36.0 Å². The Kier molecular flexibility index (Phi) is 6.99. The van der Waals surface area contributed by atoms with Gasteiger partial charge in [0.2, 0.25) is 5.78 Å². The highest BCUT2D eigenvalue weighted by molar-refractivity contribution is 8.02. The number of benzene rings is 1. The van der Waals surface area contributed by atoms with Gasteiger partial charge in [-0.3, -0.25) is 9.69 Å². The highest BCUT2D eigenvalue weighted by Crippen LogP contribution is 2.32. The first kappa shape index (κ1) is 20.7. The molecule has 0 aromatic heterocycles. The van der Waals surface area contributed by atoms with Crippen molar-refractivity contribution in [3.05, 3.63) is 64.7 Å². The van der Waals surface area contributed by atoms with E-state index in [0.717, 1.165) is 56.4 Å². The van der Waals surface area contributed by atoms with Gasteiger partial charge in [0.05, 0.1) is 18.1 Å². The fourth-order valence-corrected chi connectivity index (χ4v) is 4.22. The van der Waals surface area contributed by atoms with Gasteiger partial charge in [0.25, 0.3) is 0 Å². The Morgan fingerprint density at radius 2 is 1.82 bits per heavy atom. The van der Waals surface area contributed by atoms with Gasteiger partial charge in [-0.05, 0) is 60.9 Å². The Labute approximate surface area is 172 Å². The molecule has 1 saturated heterocycles. The van der Waals surface area contributed by atoms with Gasteiger partial charge < -0.3 is 13.9 Å². The van der Waals surface area contributed by atoms with Crippen LogP contribution in [0.5, 0.6) is 0 Å². The summed E-state index contributed by atoms with van der Waals surface area (Å²) in [6.07, 6.45) is 3.94. The van der Waals surface area contributed by atoms with Crippen LogP contribution in [0.3, 0.4) is 0 Å². The lowest BCUT2D eigenvalue weighted by molar-refractivity contribution is 0.0372. The van der Waals surface area contributed by atoms with E-state index in [9.17, 15) is 4.79 Å². The summed E-state index contributed by atoms with van der Waals surface area (Å²) in [5.74, 6) is 0.0379. The molecule has 0 N–H and O–H groups in total. The molecule has 1 aromatic rings. The van der Waals surface area contributed by atoms with Gasteiger partial charge in [-0.15, -0.1) is 0 Å². The van der Waals surface area contributed by atoms with Crippen molar-refractivity contribution in [2.24, 2.45) is 0 Å². The molecule has 0 unspecified atom stereocenters. The molecular formula is C22H29N3O2S. The minimum atomic E-state index is 0.0379. The maximum atomic E-state index is 13.1. The highest BCUT2D eigenvalue weighted by atomic mass is 32.2. The molecule has 0 aliphatic carbocycles. The molecule has 2 aliphatic heterocycles. The van der Waals surface area contributed by atoms with Crippen molar-refractivity contribution in [3.8, 4) is 0 Å². The Morgan fingerprint density at radius 3 is 2.46 bits per heavy atom. The van der Waals surface area contributed by atoms with Crippen molar-refractivity contribution in [3.63, 3.8) is 0 Å². The van der Waals surface area contributed by atoms with E-state index < -0.39 is 0 Å². The summed E-state index contributed by atoms with van der Waals surface area (Å²) in [6.45, 7) is 11.5. The summed E-state index contributed by atoms with van der Waals surface area (Å²) in [5.41, 5.74) is 3.75. The zero-order valence-corrected chi connectivity index (χ0v) is 17.8. The fourth-order valence-electron chi connectivity index (χ4n) is 3.21. The summed E-state index contributed by atoms with van der Waals surface area (Å²) in [4.78, 5) is 18.3. The largest absolute Gasteiger partial charge is 0.379 e. The van der Waals surface area contributed by atoms with Crippen LogP contribution in [-0.2, 0) is 4.74 Å². The first-order valence-electron chi connectivity index (χ1n) is 9.60. The highest BCUT2D eigenvalue weighted by Gasteiger charge is 2.21. The Bertz CT molecular complexity index is 777. The van der Waals surface area contributed by atoms with Crippen LogP contribution >= 0.6 is 11.9 Å². The fraction of sp³-hybridized carbons (Fsp3) is 0.409. The number of hydrogen-bond donors (Lipinski definition) is 0. The van der Waals surface area contributed by atoms with Crippen molar-refractivity contribution in [2.75, 3.05) is 58.4 Å². The summed E-state index contributed by atoms with van der Waals surface area (Å²) in [7, 11) is 3.98. The third-order valence-electron chi connectivity index (χ3n) is 4.91. The Hall–Kier alpha value is -2.02. The molecule has 2 heterocycles. The number of ketones is 1. The Balaban J connectivity index is 1.71. The summed E-state index contributed by atoms with van der Waals surface area (Å²) in [5, 5.41) is 0. The average molecular weight is 400 g/mol. The summed E-state index contributed by atoms with van der Waals surface area (Å²) in [6, 6.07) is 7.74. The van der Waals surface area contributed by atoms with Gasteiger partial charge >= 0.3 is 0 Å². The lowest BCUT2D eigenvalue weighted by Crippen LogP contribution is -2.40. The second kappa shape index (κ2) is 9.45. The van der Waals surface area contributed by atoms with Crippen LogP contribution in [0.2, 0.25) is 0 Å². The molecule has 1 fully saturated rings. The lowest BCUT2D eigenvalue weighted by Gasteiger charge is -2.30. The van der Waals surface area contributed by atoms with E-state index >= 15 is 0 Å². The van der Waals surface area contributed by atoms with Crippen molar-refractivity contribution >= 4 is 23.4 Å². The van der Waals surface area contributed by atoms with Gasteiger partial charge in [-0.1, -0.05) is 6.58 Å². The monoisotopic (exact) mass is 399 g/mol. The molecule has 28 heavy (non-hydrogen) atoms. The zero-order valence-electron chi connectivity index (χ0n) is 17.0. The molecular weight excluding hydrogens is 370 g/mol. The van der Waals surface area contributed by atoms with E-state index in [2.05, 4.69) is 22.7 Å². The normalized spacial score (nSPS) is 18.4. The number of hydrogen-bond acceptors (Lipinski definition) is 6. The number of nitrogens with zero attached hydrogens (tertiary/aromatic N) is 3. The molecule has 5 nitrogen and oxygen atoms in total. The maximum Gasteiger partial charge on any atom is 0.201 e. The number of ether oxygens (including phenoxy) is 1. The van der Waals surface area contributed by atoms with Crippen molar-refractivity contribution in [1.29, 1.82) is 0 Å². The van der Waals surface area contributed by atoms with Crippen LogP contribution in [0.4, 0.5) is 5.69 Å².